The molecule has 1 atom stereocenters. The van der Waals surface area contributed by atoms with Gasteiger partial charge in [-0.15, -0.1) is 11.3 Å². The number of hydrogen-bond acceptors (Lipinski definition) is 5. The van der Waals surface area contributed by atoms with Gasteiger partial charge in [-0.05, 0) is 49.5 Å². The first-order valence-electron chi connectivity index (χ1n) is 9.26. The zero-order valence-electron chi connectivity index (χ0n) is 15.4. The number of carbonyl (C=O) groups is 1. The Bertz CT molecular complexity index is 882. The van der Waals surface area contributed by atoms with Gasteiger partial charge in [0, 0.05) is 24.4 Å². The smallest absolute Gasteiger partial charge is 0.242 e. The van der Waals surface area contributed by atoms with E-state index in [1.54, 1.807) is 23.5 Å². The molecule has 2 heterocycles. The molecule has 9 heteroatoms. The van der Waals surface area contributed by atoms with Gasteiger partial charge in [0.25, 0.3) is 0 Å². The second kappa shape index (κ2) is 9.84. The number of rotatable bonds is 9. The normalized spacial score (nSPS) is 16.2. The maximum Gasteiger partial charge on any atom is 0.242 e. The highest BCUT2D eigenvalue weighted by atomic mass is 35.5. The minimum atomic E-state index is -3.73. The molecule has 0 bridgehead atoms. The van der Waals surface area contributed by atoms with Crippen LogP contribution in [0.2, 0.25) is 5.02 Å². The SMILES string of the molecule is O=C(CCNS(=O)(=O)c1ccccc1Cl)NCC(c1cccs1)N1CCCC1. The van der Waals surface area contributed by atoms with Gasteiger partial charge in [0.1, 0.15) is 4.90 Å². The summed E-state index contributed by atoms with van der Waals surface area (Å²) in [5.41, 5.74) is 0. The third-order valence-electron chi connectivity index (χ3n) is 4.72. The fourth-order valence-electron chi connectivity index (χ4n) is 3.28. The number of likely N-dealkylation sites (tertiary alicyclic amines) is 1. The Morgan fingerprint density at radius 3 is 2.61 bits per heavy atom. The largest absolute Gasteiger partial charge is 0.354 e. The van der Waals surface area contributed by atoms with Gasteiger partial charge in [0.2, 0.25) is 15.9 Å². The summed E-state index contributed by atoms with van der Waals surface area (Å²) in [5.74, 6) is -0.178. The predicted octanol–water partition coefficient (Wildman–Crippen LogP) is 3.02. The van der Waals surface area contributed by atoms with Crippen molar-refractivity contribution in [2.75, 3.05) is 26.2 Å². The summed E-state index contributed by atoms with van der Waals surface area (Å²) in [6.07, 6.45) is 2.43. The number of thiophene rings is 1. The molecule has 0 spiro atoms. The number of amides is 1. The molecule has 2 aromatic rings. The lowest BCUT2D eigenvalue weighted by Gasteiger charge is -2.26. The third-order valence-corrected chi connectivity index (χ3v) is 7.65. The van der Waals surface area contributed by atoms with Gasteiger partial charge < -0.3 is 5.32 Å². The van der Waals surface area contributed by atoms with Crippen molar-refractivity contribution >= 4 is 38.9 Å². The van der Waals surface area contributed by atoms with E-state index in [0.717, 1.165) is 13.1 Å². The van der Waals surface area contributed by atoms with Gasteiger partial charge >= 0.3 is 0 Å². The number of sulfonamides is 1. The summed E-state index contributed by atoms with van der Waals surface area (Å²) in [6.45, 7) is 2.62. The molecule has 6 nitrogen and oxygen atoms in total. The van der Waals surface area contributed by atoms with E-state index in [0.29, 0.717) is 6.54 Å². The first-order valence-corrected chi connectivity index (χ1v) is 12.0. The highest BCUT2D eigenvalue weighted by molar-refractivity contribution is 7.89. The lowest BCUT2D eigenvalue weighted by Crippen LogP contribution is -2.37. The molecule has 0 radical (unpaired) electrons. The molecule has 1 amide bonds. The molecule has 1 fully saturated rings. The van der Waals surface area contributed by atoms with Crippen LogP contribution in [0.15, 0.2) is 46.7 Å². The first-order chi connectivity index (χ1) is 13.5. The maximum absolute atomic E-state index is 12.3. The van der Waals surface area contributed by atoms with Crippen LogP contribution in [-0.2, 0) is 14.8 Å². The van der Waals surface area contributed by atoms with Crippen LogP contribution in [0.5, 0.6) is 0 Å². The zero-order valence-corrected chi connectivity index (χ0v) is 17.8. The highest BCUT2D eigenvalue weighted by Crippen LogP contribution is 2.27. The quantitative estimate of drug-likeness (QED) is 0.627. The van der Waals surface area contributed by atoms with Crippen molar-refractivity contribution in [3.63, 3.8) is 0 Å². The van der Waals surface area contributed by atoms with Gasteiger partial charge in [-0.2, -0.15) is 0 Å². The van der Waals surface area contributed by atoms with Crippen molar-refractivity contribution in [1.82, 2.24) is 14.9 Å². The van der Waals surface area contributed by atoms with E-state index in [1.165, 1.54) is 29.9 Å². The maximum atomic E-state index is 12.3. The number of halogens is 1. The van der Waals surface area contributed by atoms with Crippen molar-refractivity contribution in [1.29, 1.82) is 0 Å². The van der Waals surface area contributed by atoms with Crippen LogP contribution in [0.25, 0.3) is 0 Å². The van der Waals surface area contributed by atoms with Crippen LogP contribution in [0.3, 0.4) is 0 Å². The number of benzene rings is 1. The Hall–Kier alpha value is -1.45. The van der Waals surface area contributed by atoms with Crippen LogP contribution in [-0.4, -0.2) is 45.4 Å². The van der Waals surface area contributed by atoms with E-state index < -0.39 is 10.0 Å². The van der Waals surface area contributed by atoms with Crippen molar-refractivity contribution in [3.05, 3.63) is 51.7 Å². The molecule has 1 saturated heterocycles. The Labute approximate surface area is 174 Å². The number of hydrogen-bond donors (Lipinski definition) is 2. The average molecular weight is 442 g/mol. The molecule has 1 aliphatic heterocycles. The Morgan fingerprint density at radius 2 is 1.93 bits per heavy atom. The van der Waals surface area contributed by atoms with Crippen LogP contribution in [0.4, 0.5) is 0 Å². The van der Waals surface area contributed by atoms with Gasteiger partial charge in [0.05, 0.1) is 11.1 Å². The molecule has 1 unspecified atom stereocenters. The third kappa shape index (κ3) is 5.55. The number of nitrogens with zero attached hydrogens (tertiary/aromatic N) is 1. The van der Waals surface area contributed by atoms with E-state index in [9.17, 15) is 13.2 Å². The topological polar surface area (TPSA) is 78.5 Å². The fourth-order valence-corrected chi connectivity index (χ4v) is 5.69. The molecule has 1 aromatic heterocycles. The summed E-state index contributed by atoms with van der Waals surface area (Å²) >= 11 is 7.64. The Kier molecular flexibility index (Phi) is 7.48. The minimum absolute atomic E-state index is 0.0175. The second-order valence-corrected chi connectivity index (χ2v) is 9.78. The van der Waals surface area contributed by atoms with E-state index >= 15 is 0 Å². The summed E-state index contributed by atoms with van der Waals surface area (Å²) in [6, 6.07) is 10.5. The highest BCUT2D eigenvalue weighted by Gasteiger charge is 2.24. The number of nitrogens with one attached hydrogen (secondary N) is 2. The summed E-state index contributed by atoms with van der Waals surface area (Å²) in [5, 5.41) is 5.15. The fraction of sp³-hybridized carbons (Fsp3) is 0.421. The van der Waals surface area contributed by atoms with Gasteiger partial charge in [0.15, 0.2) is 0 Å². The summed E-state index contributed by atoms with van der Waals surface area (Å²) < 4.78 is 27.0. The minimum Gasteiger partial charge on any atom is -0.354 e. The molecule has 152 valence electrons. The number of carbonyl (C=O) groups excluding carboxylic acids is 1. The molecule has 0 saturated carbocycles. The van der Waals surface area contributed by atoms with Gasteiger partial charge in [-0.25, -0.2) is 13.1 Å². The van der Waals surface area contributed by atoms with Crippen LogP contribution >= 0.6 is 22.9 Å². The van der Waals surface area contributed by atoms with Gasteiger partial charge in [-0.3, -0.25) is 9.69 Å². The van der Waals surface area contributed by atoms with E-state index in [4.69, 9.17) is 11.6 Å². The van der Waals surface area contributed by atoms with Gasteiger partial charge in [-0.1, -0.05) is 29.8 Å². The molecular weight excluding hydrogens is 418 g/mol. The Morgan fingerprint density at radius 1 is 1.18 bits per heavy atom. The zero-order chi connectivity index (χ0) is 20.0. The van der Waals surface area contributed by atoms with Crippen molar-refractivity contribution in [2.45, 2.75) is 30.2 Å². The van der Waals surface area contributed by atoms with Crippen LogP contribution in [0, 0.1) is 0 Å². The molecule has 1 aromatic carbocycles. The second-order valence-electron chi connectivity index (χ2n) is 6.66. The first kappa shape index (κ1) is 21.3. The van der Waals surface area contributed by atoms with Crippen molar-refractivity contribution < 1.29 is 13.2 Å². The molecule has 3 rings (SSSR count). The van der Waals surface area contributed by atoms with Crippen LogP contribution < -0.4 is 10.0 Å². The molecular formula is C19H24ClN3O3S2. The summed E-state index contributed by atoms with van der Waals surface area (Å²) in [7, 11) is -3.73. The molecule has 28 heavy (non-hydrogen) atoms. The average Bonchev–Trinajstić information content (AvgIpc) is 3.36. The lowest BCUT2D eigenvalue weighted by atomic mass is 10.2. The van der Waals surface area contributed by atoms with E-state index in [-0.39, 0.29) is 34.8 Å². The monoisotopic (exact) mass is 441 g/mol. The van der Waals surface area contributed by atoms with Crippen molar-refractivity contribution in [2.24, 2.45) is 0 Å². The Balaban J connectivity index is 1.49. The predicted molar refractivity (Wildman–Crippen MR) is 112 cm³/mol. The molecule has 0 aliphatic carbocycles. The molecule has 1 aliphatic rings. The summed E-state index contributed by atoms with van der Waals surface area (Å²) in [4.78, 5) is 15.9. The molecule has 2 N–H and O–H groups in total. The standard InChI is InChI=1S/C19H24ClN3O3S2/c20-15-6-1-2-8-18(15)28(25,26)22-10-9-19(24)21-14-16(17-7-5-13-27-17)23-11-3-4-12-23/h1-2,5-8,13,16,22H,3-4,9-12,14H2,(H,21,24). The lowest BCUT2D eigenvalue weighted by molar-refractivity contribution is -0.121. The van der Waals surface area contributed by atoms with E-state index in [1.807, 2.05) is 11.4 Å². The van der Waals surface area contributed by atoms with Crippen molar-refractivity contribution in [3.8, 4) is 0 Å². The van der Waals surface area contributed by atoms with E-state index in [2.05, 4.69) is 21.0 Å². The van der Waals surface area contributed by atoms with Crippen LogP contribution in [0.1, 0.15) is 30.2 Å².